The fraction of sp³-hybridized carbons (Fsp3) is 0.500. The maximum atomic E-state index is 13.4. The molecule has 1 N–H and O–H groups in total. The summed E-state index contributed by atoms with van der Waals surface area (Å²) in [5, 5.41) is 11.9. The van der Waals surface area contributed by atoms with Gasteiger partial charge < -0.3 is 10.1 Å². The molecule has 0 fully saturated rings. The highest BCUT2D eigenvalue weighted by atomic mass is 32.1. The molecule has 2 heterocycles. The molecule has 0 bridgehead atoms. The number of nitrogens with one attached hydrogen (secondary N) is 1. The summed E-state index contributed by atoms with van der Waals surface area (Å²) in [6.07, 6.45) is 2.87. The number of hydrogen-bond donors (Lipinski definition) is 1. The predicted octanol–water partition coefficient (Wildman–Crippen LogP) is 4.60. The van der Waals surface area contributed by atoms with E-state index in [-0.39, 0.29) is 16.9 Å². The van der Waals surface area contributed by atoms with Crippen molar-refractivity contribution in [3.05, 3.63) is 45.1 Å². The van der Waals surface area contributed by atoms with Gasteiger partial charge in [-0.25, -0.2) is 0 Å². The van der Waals surface area contributed by atoms with E-state index in [1.165, 1.54) is 9.56 Å². The average Bonchev–Trinajstić information content (AvgIpc) is 3.13. The first-order valence-electron chi connectivity index (χ1n) is 11.1. The third-order valence-electron chi connectivity index (χ3n) is 6.32. The number of para-hydroxylation sites is 2. The number of ether oxygens (including phenoxy) is 1. The van der Waals surface area contributed by atoms with E-state index in [0.29, 0.717) is 34.2 Å². The van der Waals surface area contributed by atoms with Crippen molar-refractivity contribution in [1.82, 2.24) is 15.0 Å². The van der Waals surface area contributed by atoms with Gasteiger partial charge in [0.2, 0.25) is 5.91 Å². The number of nitrogens with zero attached hydrogens (tertiary/aromatic N) is 3. The summed E-state index contributed by atoms with van der Waals surface area (Å²) < 4.78 is 6.78. The van der Waals surface area contributed by atoms with Gasteiger partial charge in [-0.05, 0) is 62.1 Å². The number of aromatic nitrogens is 3. The van der Waals surface area contributed by atoms with E-state index in [0.717, 1.165) is 24.8 Å². The Kier molecular flexibility index (Phi) is 6.07. The Labute approximate surface area is 191 Å². The lowest BCUT2D eigenvalue weighted by atomic mass is 9.72. The maximum Gasteiger partial charge on any atom is 0.279 e. The molecule has 0 saturated heterocycles. The van der Waals surface area contributed by atoms with Crippen molar-refractivity contribution in [3.8, 4) is 5.75 Å². The third-order valence-corrected chi connectivity index (χ3v) is 7.45. The van der Waals surface area contributed by atoms with Crippen molar-refractivity contribution < 1.29 is 9.53 Å². The van der Waals surface area contributed by atoms with Crippen LogP contribution in [0.1, 0.15) is 57.5 Å². The number of anilines is 1. The summed E-state index contributed by atoms with van der Waals surface area (Å²) in [7, 11) is 0. The van der Waals surface area contributed by atoms with Crippen LogP contribution in [0.4, 0.5) is 5.69 Å². The van der Waals surface area contributed by atoms with Gasteiger partial charge in [-0.3, -0.25) is 9.59 Å². The Hall–Kier alpha value is -2.74. The van der Waals surface area contributed by atoms with Crippen LogP contribution in [0.3, 0.4) is 0 Å². The van der Waals surface area contributed by atoms with Crippen LogP contribution >= 0.6 is 11.3 Å². The molecular weight excluding hydrogens is 424 g/mol. The minimum Gasteiger partial charge on any atom is -0.492 e. The third kappa shape index (κ3) is 4.16. The Bertz CT molecular complexity index is 1210. The first-order valence-corrected chi connectivity index (χ1v) is 11.9. The molecule has 2 unspecified atom stereocenters. The van der Waals surface area contributed by atoms with E-state index in [2.05, 4.69) is 36.4 Å². The number of rotatable bonds is 5. The molecule has 2 aromatic heterocycles. The molecule has 8 heteroatoms. The second kappa shape index (κ2) is 8.65. The van der Waals surface area contributed by atoms with Crippen molar-refractivity contribution >= 4 is 33.1 Å². The molecule has 32 heavy (non-hydrogen) atoms. The molecule has 2 atom stereocenters. The first-order chi connectivity index (χ1) is 15.2. The molecule has 4 rings (SSSR count). The van der Waals surface area contributed by atoms with E-state index in [1.54, 1.807) is 30.4 Å². The summed E-state index contributed by atoms with van der Waals surface area (Å²) in [6, 6.07) is 6.43. The molecule has 7 nitrogen and oxygen atoms in total. The second-order valence-electron chi connectivity index (χ2n) is 9.42. The molecule has 1 aliphatic carbocycles. The van der Waals surface area contributed by atoms with E-state index < -0.39 is 6.04 Å². The number of amides is 1. The van der Waals surface area contributed by atoms with Gasteiger partial charge in [0, 0.05) is 4.88 Å². The minimum absolute atomic E-state index is 0.226. The molecule has 1 aliphatic rings. The van der Waals surface area contributed by atoms with Crippen LogP contribution < -0.4 is 15.6 Å². The number of thiophene rings is 1. The molecule has 1 aromatic carbocycles. The molecule has 170 valence electrons. The lowest BCUT2D eigenvalue weighted by Crippen LogP contribution is -2.34. The second-order valence-corrected chi connectivity index (χ2v) is 10.5. The number of benzene rings is 1. The lowest BCUT2D eigenvalue weighted by Gasteiger charge is -2.33. The molecule has 0 aliphatic heterocycles. The molecule has 0 spiro atoms. The maximum absolute atomic E-state index is 13.4. The summed E-state index contributed by atoms with van der Waals surface area (Å²) in [4.78, 5) is 28.2. The van der Waals surface area contributed by atoms with Crippen LogP contribution in [-0.2, 0) is 17.6 Å². The highest BCUT2D eigenvalue weighted by Gasteiger charge is 2.32. The van der Waals surface area contributed by atoms with Crippen LogP contribution in [-0.4, -0.2) is 27.5 Å². The fourth-order valence-electron chi connectivity index (χ4n) is 4.30. The number of aryl methyl sites for hydroxylation is 1. The van der Waals surface area contributed by atoms with Crippen molar-refractivity contribution in [2.45, 2.75) is 59.9 Å². The Balaban J connectivity index is 1.63. The van der Waals surface area contributed by atoms with E-state index in [9.17, 15) is 9.59 Å². The zero-order valence-corrected chi connectivity index (χ0v) is 20.1. The van der Waals surface area contributed by atoms with E-state index >= 15 is 0 Å². The molecule has 3 aromatic rings. The fourth-order valence-corrected chi connectivity index (χ4v) is 5.53. The minimum atomic E-state index is -0.810. The van der Waals surface area contributed by atoms with Crippen molar-refractivity contribution in [2.24, 2.45) is 11.3 Å². The highest BCUT2D eigenvalue weighted by Crippen LogP contribution is 2.41. The van der Waals surface area contributed by atoms with Crippen LogP contribution in [0, 0.1) is 11.3 Å². The Morgan fingerprint density at radius 1 is 1.34 bits per heavy atom. The van der Waals surface area contributed by atoms with Gasteiger partial charge in [0.15, 0.2) is 4.83 Å². The van der Waals surface area contributed by atoms with Crippen molar-refractivity contribution in [3.63, 3.8) is 0 Å². The summed E-state index contributed by atoms with van der Waals surface area (Å²) in [5.74, 6) is 0.822. The van der Waals surface area contributed by atoms with Gasteiger partial charge in [-0.15, -0.1) is 16.4 Å². The first kappa shape index (κ1) is 22.5. The number of carbonyl (C=O) groups is 1. The topological polar surface area (TPSA) is 86.1 Å². The Morgan fingerprint density at radius 2 is 2.09 bits per heavy atom. The normalized spacial score (nSPS) is 17.1. The SMILES string of the molecule is CCOc1ccccc1NC(=O)C(C)n1nnc2sc3c(c2c1=O)CCC(C(C)(C)C)C3. The summed E-state index contributed by atoms with van der Waals surface area (Å²) >= 11 is 1.57. The average molecular weight is 455 g/mol. The zero-order chi connectivity index (χ0) is 23.0. The van der Waals surface area contributed by atoms with Crippen LogP contribution in [0.15, 0.2) is 29.1 Å². The van der Waals surface area contributed by atoms with Crippen LogP contribution in [0.5, 0.6) is 5.75 Å². The van der Waals surface area contributed by atoms with Gasteiger partial charge in [0.1, 0.15) is 11.8 Å². The molecule has 1 amide bonds. The number of fused-ring (bicyclic) bond motifs is 3. The van der Waals surface area contributed by atoms with Crippen LogP contribution in [0.25, 0.3) is 10.2 Å². The number of carbonyl (C=O) groups excluding carboxylic acids is 1. The zero-order valence-electron chi connectivity index (χ0n) is 19.3. The van der Waals surface area contributed by atoms with Crippen molar-refractivity contribution in [2.75, 3.05) is 11.9 Å². The quantitative estimate of drug-likeness (QED) is 0.609. The number of hydrogen-bond acceptors (Lipinski definition) is 6. The highest BCUT2D eigenvalue weighted by molar-refractivity contribution is 7.18. The van der Waals surface area contributed by atoms with Gasteiger partial charge in [0.05, 0.1) is 17.7 Å². The summed E-state index contributed by atoms with van der Waals surface area (Å²) in [6.45, 7) is 10.8. The van der Waals surface area contributed by atoms with Crippen molar-refractivity contribution in [1.29, 1.82) is 0 Å². The smallest absolute Gasteiger partial charge is 0.279 e. The summed E-state index contributed by atoms with van der Waals surface area (Å²) in [5.41, 5.74) is 1.63. The van der Waals surface area contributed by atoms with Crippen LogP contribution in [0.2, 0.25) is 0 Å². The Morgan fingerprint density at radius 3 is 2.81 bits per heavy atom. The standard InChI is InChI=1S/C24H30N4O3S/c1-6-31-18-10-8-7-9-17(18)25-21(29)14(2)28-23(30)20-16-12-11-15(24(3,4)5)13-19(16)32-22(20)26-27-28/h7-10,14-15H,6,11-13H2,1-5H3,(H,25,29). The van der Waals surface area contributed by atoms with Gasteiger partial charge >= 0.3 is 0 Å². The molecule has 0 radical (unpaired) electrons. The monoisotopic (exact) mass is 454 g/mol. The molecular formula is C24H30N4O3S. The van der Waals surface area contributed by atoms with Gasteiger partial charge in [0.25, 0.3) is 5.56 Å². The lowest BCUT2D eigenvalue weighted by molar-refractivity contribution is -0.119. The van der Waals surface area contributed by atoms with Gasteiger partial charge in [-0.1, -0.05) is 38.1 Å². The van der Waals surface area contributed by atoms with E-state index in [4.69, 9.17) is 4.74 Å². The largest absolute Gasteiger partial charge is 0.492 e. The molecule has 0 saturated carbocycles. The van der Waals surface area contributed by atoms with E-state index in [1.807, 2.05) is 19.1 Å². The van der Waals surface area contributed by atoms with Gasteiger partial charge in [-0.2, -0.15) is 4.68 Å². The predicted molar refractivity (Wildman–Crippen MR) is 128 cm³/mol.